The van der Waals surface area contributed by atoms with Crippen molar-refractivity contribution in [3.63, 3.8) is 0 Å². The van der Waals surface area contributed by atoms with E-state index in [4.69, 9.17) is 39.2 Å². The number of fused-ring (bicyclic) bond motifs is 1. The molecule has 1 aromatic heterocycles. The van der Waals surface area contributed by atoms with Crippen molar-refractivity contribution in [1.29, 1.82) is 0 Å². The second-order valence-corrected chi connectivity index (χ2v) is 5.96. The number of hydrogen-bond donors (Lipinski definition) is 0. The molecule has 0 spiro atoms. The highest BCUT2D eigenvalue weighted by Gasteiger charge is 2.17. The first-order valence-electron chi connectivity index (χ1n) is 6.16. The van der Waals surface area contributed by atoms with Gasteiger partial charge in [0.15, 0.2) is 5.58 Å². The largest absolute Gasteiger partial charge is 0.419 e. The molecule has 0 N–H and O–H groups in total. The molecule has 3 aromatic rings. The number of oxazole rings is 1. The van der Waals surface area contributed by atoms with Crippen molar-refractivity contribution in [2.24, 2.45) is 7.05 Å². The molecule has 108 valence electrons. The maximum Gasteiger partial charge on any atom is 0.419 e. The number of aryl methyl sites for hydroxylation is 1. The summed E-state index contributed by atoms with van der Waals surface area (Å²) in [6, 6.07) is 10.5. The molecule has 21 heavy (non-hydrogen) atoms. The second kappa shape index (κ2) is 5.41. The Hall–Kier alpha value is -1.42. The molecule has 0 aliphatic carbocycles. The van der Waals surface area contributed by atoms with Gasteiger partial charge in [0.25, 0.3) is 0 Å². The Morgan fingerprint density at radius 1 is 1.14 bits per heavy atom. The van der Waals surface area contributed by atoms with Gasteiger partial charge in [-0.3, -0.25) is 4.57 Å². The molecule has 3 rings (SSSR count). The third-order valence-electron chi connectivity index (χ3n) is 3.34. The predicted octanol–water partition coefficient (Wildman–Crippen LogP) is 4.77. The lowest BCUT2D eigenvalue weighted by Gasteiger charge is -2.12. The number of rotatable bonds is 2. The van der Waals surface area contributed by atoms with Gasteiger partial charge in [-0.2, -0.15) is 0 Å². The van der Waals surface area contributed by atoms with E-state index in [2.05, 4.69) is 0 Å². The van der Waals surface area contributed by atoms with Crippen LogP contribution in [0.15, 0.2) is 45.6 Å². The molecule has 2 aromatic carbocycles. The molecule has 0 fully saturated rings. The summed E-state index contributed by atoms with van der Waals surface area (Å²) in [5.74, 6) is -0.408. The van der Waals surface area contributed by atoms with Crippen LogP contribution in [0.5, 0.6) is 0 Å². The van der Waals surface area contributed by atoms with Crippen LogP contribution in [0.25, 0.3) is 11.1 Å². The van der Waals surface area contributed by atoms with Gasteiger partial charge in [-0.1, -0.05) is 29.3 Å². The fourth-order valence-electron chi connectivity index (χ4n) is 2.20. The van der Waals surface area contributed by atoms with Crippen LogP contribution in [0.3, 0.4) is 0 Å². The molecule has 0 bridgehead atoms. The first-order chi connectivity index (χ1) is 9.97. The second-order valence-electron chi connectivity index (χ2n) is 4.68. The van der Waals surface area contributed by atoms with Crippen molar-refractivity contribution in [3.8, 4) is 0 Å². The Kier molecular flexibility index (Phi) is 3.74. The Morgan fingerprint density at radius 2 is 1.90 bits per heavy atom. The van der Waals surface area contributed by atoms with Gasteiger partial charge in [-0.25, -0.2) is 4.79 Å². The maximum absolute atomic E-state index is 11.5. The van der Waals surface area contributed by atoms with Crippen LogP contribution in [-0.2, 0) is 7.05 Å². The zero-order valence-electron chi connectivity index (χ0n) is 10.9. The van der Waals surface area contributed by atoms with Gasteiger partial charge < -0.3 is 4.42 Å². The zero-order chi connectivity index (χ0) is 15.1. The van der Waals surface area contributed by atoms with E-state index < -0.39 is 11.1 Å². The average Bonchev–Trinajstić information content (AvgIpc) is 2.75. The third kappa shape index (κ3) is 2.57. The fourth-order valence-corrected chi connectivity index (χ4v) is 2.98. The summed E-state index contributed by atoms with van der Waals surface area (Å²) in [5, 5.41) is 0.618. The van der Waals surface area contributed by atoms with Crippen LogP contribution in [-0.4, -0.2) is 4.57 Å². The molecule has 0 aliphatic heterocycles. The van der Waals surface area contributed by atoms with Crippen LogP contribution >= 0.6 is 34.8 Å². The summed E-state index contributed by atoms with van der Waals surface area (Å²) >= 11 is 18.6. The van der Waals surface area contributed by atoms with E-state index in [1.165, 1.54) is 4.57 Å². The van der Waals surface area contributed by atoms with E-state index in [-0.39, 0.29) is 0 Å². The minimum Gasteiger partial charge on any atom is -0.408 e. The molecule has 0 amide bonds. The van der Waals surface area contributed by atoms with Gasteiger partial charge in [0.2, 0.25) is 0 Å². The first kappa shape index (κ1) is 14.5. The quantitative estimate of drug-likeness (QED) is 0.629. The fraction of sp³-hybridized carbons (Fsp3) is 0.133. The summed E-state index contributed by atoms with van der Waals surface area (Å²) in [6.45, 7) is 0. The van der Waals surface area contributed by atoms with Crippen LogP contribution < -0.4 is 5.76 Å². The van der Waals surface area contributed by atoms with E-state index >= 15 is 0 Å². The number of aromatic nitrogens is 1. The van der Waals surface area contributed by atoms with E-state index in [9.17, 15) is 4.79 Å². The summed E-state index contributed by atoms with van der Waals surface area (Å²) in [4.78, 5) is 11.5. The molecule has 0 aliphatic rings. The van der Waals surface area contributed by atoms with E-state index in [0.29, 0.717) is 26.7 Å². The van der Waals surface area contributed by atoms with Crippen LogP contribution in [0.4, 0.5) is 0 Å². The summed E-state index contributed by atoms with van der Waals surface area (Å²) < 4.78 is 6.61. The Bertz CT molecular complexity index is 882. The van der Waals surface area contributed by atoms with Gasteiger partial charge >= 0.3 is 5.76 Å². The predicted molar refractivity (Wildman–Crippen MR) is 85.6 cm³/mol. The van der Waals surface area contributed by atoms with Crippen LogP contribution in [0.2, 0.25) is 10.0 Å². The monoisotopic (exact) mass is 341 g/mol. The SMILES string of the molecule is Cn1c(=O)oc2cc(C(Cl)c3cc(Cl)ccc3Cl)ccc21. The van der Waals surface area contributed by atoms with Gasteiger partial charge in [0.05, 0.1) is 10.9 Å². The van der Waals surface area contributed by atoms with Crippen LogP contribution in [0, 0.1) is 0 Å². The summed E-state index contributed by atoms with van der Waals surface area (Å²) in [5.41, 5.74) is 2.69. The van der Waals surface area contributed by atoms with Gasteiger partial charge in [-0.15, -0.1) is 11.6 Å². The van der Waals surface area contributed by atoms with Crippen molar-refractivity contribution in [1.82, 2.24) is 4.57 Å². The van der Waals surface area contributed by atoms with Crippen molar-refractivity contribution >= 4 is 45.9 Å². The lowest BCUT2D eigenvalue weighted by atomic mass is 10.0. The normalized spacial score (nSPS) is 12.8. The zero-order valence-corrected chi connectivity index (χ0v) is 13.2. The Labute approximate surface area is 135 Å². The number of hydrogen-bond acceptors (Lipinski definition) is 2. The highest BCUT2D eigenvalue weighted by atomic mass is 35.5. The molecular formula is C15H10Cl3NO2. The van der Waals surface area contributed by atoms with Crippen molar-refractivity contribution in [2.45, 2.75) is 5.38 Å². The average molecular weight is 343 g/mol. The molecule has 0 saturated heterocycles. The highest BCUT2D eigenvalue weighted by molar-refractivity contribution is 6.35. The number of alkyl halides is 1. The molecule has 3 nitrogen and oxygen atoms in total. The molecule has 0 saturated carbocycles. The standard InChI is InChI=1S/C15H10Cl3NO2/c1-19-12-5-2-8(6-13(12)21-15(19)20)14(18)10-7-9(16)3-4-11(10)17/h2-7,14H,1H3. The van der Waals surface area contributed by atoms with Crippen molar-refractivity contribution < 1.29 is 4.42 Å². The van der Waals surface area contributed by atoms with Crippen LogP contribution in [0.1, 0.15) is 16.5 Å². The van der Waals surface area contributed by atoms with E-state index in [0.717, 1.165) is 5.56 Å². The van der Waals surface area contributed by atoms with Crippen molar-refractivity contribution in [2.75, 3.05) is 0 Å². The van der Waals surface area contributed by atoms with E-state index in [1.807, 2.05) is 6.07 Å². The molecule has 0 radical (unpaired) electrons. The van der Waals surface area contributed by atoms with Gasteiger partial charge in [-0.05, 0) is 41.5 Å². The first-order valence-corrected chi connectivity index (χ1v) is 7.35. The molecule has 1 atom stereocenters. The van der Waals surface area contributed by atoms with Gasteiger partial charge in [0.1, 0.15) is 0 Å². The topological polar surface area (TPSA) is 35.1 Å². The third-order valence-corrected chi connectivity index (χ3v) is 4.41. The Morgan fingerprint density at radius 3 is 2.67 bits per heavy atom. The smallest absolute Gasteiger partial charge is 0.408 e. The number of halogens is 3. The van der Waals surface area contributed by atoms with Gasteiger partial charge in [0, 0.05) is 17.1 Å². The minimum absolute atomic E-state index is 0.408. The Balaban J connectivity index is 2.11. The molecule has 6 heteroatoms. The highest BCUT2D eigenvalue weighted by Crippen LogP contribution is 2.36. The summed E-state index contributed by atoms with van der Waals surface area (Å²) in [6.07, 6.45) is 0. The van der Waals surface area contributed by atoms with Crippen molar-refractivity contribution in [3.05, 3.63) is 68.1 Å². The van der Waals surface area contributed by atoms with E-state index in [1.54, 1.807) is 37.4 Å². The summed E-state index contributed by atoms with van der Waals surface area (Å²) in [7, 11) is 1.65. The molecular weight excluding hydrogens is 333 g/mol. The lowest BCUT2D eigenvalue weighted by Crippen LogP contribution is -2.08. The molecule has 1 heterocycles. The number of nitrogens with zero attached hydrogens (tertiary/aromatic N) is 1. The number of benzene rings is 2. The molecule has 1 unspecified atom stereocenters. The lowest BCUT2D eigenvalue weighted by molar-refractivity contribution is 0.528. The minimum atomic E-state index is -0.480. The maximum atomic E-state index is 11.5.